The van der Waals surface area contributed by atoms with Gasteiger partial charge < -0.3 is 10.2 Å². The fourth-order valence-corrected chi connectivity index (χ4v) is 1.07. The van der Waals surface area contributed by atoms with Gasteiger partial charge in [-0.25, -0.2) is 0 Å². The highest BCUT2D eigenvalue weighted by Gasteiger charge is 1.97. The van der Waals surface area contributed by atoms with E-state index in [1.54, 1.807) is 6.92 Å². The largest absolute Gasteiger partial charge is 0.481 e. The van der Waals surface area contributed by atoms with E-state index in [1.807, 2.05) is 0 Å². The maximum atomic E-state index is 10.1. The normalized spacial score (nSPS) is 12.8. The van der Waals surface area contributed by atoms with Crippen molar-refractivity contribution >= 4 is 5.97 Å². The van der Waals surface area contributed by atoms with Crippen LogP contribution in [0.1, 0.15) is 45.4 Å². The molecule has 0 aliphatic carbocycles. The predicted octanol–water partition coefficient (Wildman–Crippen LogP) is 1.79. The first kappa shape index (κ1) is 11.4. The van der Waals surface area contributed by atoms with Crippen LogP contribution in [0.15, 0.2) is 0 Å². The summed E-state index contributed by atoms with van der Waals surface area (Å²) in [4.78, 5) is 10.1. The van der Waals surface area contributed by atoms with Crippen LogP contribution in [-0.2, 0) is 4.79 Å². The van der Waals surface area contributed by atoms with Crippen molar-refractivity contribution < 1.29 is 15.0 Å². The molecule has 0 rings (SSSR count). The second kappa shape index (κ2) is 7.10. The third-order valence-corrected chi connectivity index (χ3v) is 1.76. The van der Waals surface area contributed by atoms with Gasteiger partial charge in [0.15, 0.2) is 0 Å². The summed E-state index contributed by atoms with van der Waals surface area (Å²) in [7, 11) is 0. The van der Waals surface area contributed by atoms with Gasteiger partial charge in [0.2, 0.25) is 0 Å². The van der Waals surface area contributed by atoms with E-state index in [0.717, 1.165) is 32.1 Å². The Balaban J connectivity index is 2.96. The predicted molar refractivity (Wildman–Crippen MR) is 47.0 cm³/mol. The number of unbranched alkanes of at least 4 members (excludes halogenated alkanes) is 3. The van der Waals surface area contributed by atoms with Crippen molar-refractivity contribution in [1.82, 2.24) is 0 Å². The number of hydrogen-bond acceptors (Lipinski definition) is 2. The molecule has 3 heteroatoms. The van der Waals surface area contributed by atoms with E-state index in [0.29, 0.717) is 0 Å². The monoisotopic (exact) mass is 174 g/mol. The van der Waals surface area contributed by atoms with E-state index < -0.39 is 5.97 Å². The number of carboxylic acids is 1. The number of hydrogen-bond donors (Lipinski definition) is 2. The summed E-state index contributed by atoms with van der Waals surface area (Å²) in [6.07, 6.45) is 4.62. The Labute approximate surface area is 73.4 Å². The minimum atomic E-state index is -0.717. The summed E-state index contributed by atoms with van der Waals surface area (Å²) in [5.41, 5.74) is 0. The molecule has 0 aromatic rings. The molecule has 12 heavy (non-hydrogen) atoms. The van der Waals surface area contributed by atoms with Gasteiger partial charge in [-0.05, 0) is 19.8 Å². The van der Waals surface area contributed by atoms with Crippen molar-refractivity contribution in [1.29, 1.82) is 0 Å². The van der Waals surface area contributed by atoms with E-state index in [4.69, 9.17) is 10.2 Å². The number of rotatable bonds is 7. The summed E-state index contributed by atoms with van der Waals surface area (Å²) >= 11 is 0. The summed E-state index contributed by atoms with van der Waals surface area (Å²) in [5.74, 6) is -0.717. The zero-order valence-corrected chi connectivity index (χ0v) is 7.62. The van der Waals surface area contributed by atoms with Gasteiger partial charge in [-0.3, -0.25) is 4.79 Å². The molecule has 0 aliphatic rings. The SMILES string of the molecule is CC(O)CCCCCCC(=O)O. The average Bonchev–Trinajstić information content (AvgIpc) is 1.95. The van der Waals surface area contributed by atoms with Crippen LogP contribution in [0.2, 0.25) is 0 Å². The van der Waals surface area contributed by atoms with Gasteiger partial charge in [0, 0.05) is 6.42 Å². The van der Waals surface area contributed by atoms with Crippen LogP contribution < -0.4 is 0 Å². The number of aliphatic hydroxyl groups excluding tert-OH is 1. The molecule has 0 spiro atoms. The van der Waals surface area contributed by atoms with Gasteiger partial charge in [-0.15, -0.1) is 0 Å². The quantitative estimate of drug-likeness (QED) is 0.578. The third kappa shape index (κ3) is 9.43. The van der Waals surface area contributed by atoms with Crippen molar-refractivity contribution in [3.63, 3.8) is 0 Å². The fourth-order valence-electron chi connectivity index (χ4n) is 1.07. The highest BCUT2D eigenvalue weighted by atomic mass is 16.4. The Kier molecular flexibility index (Phi) is 6.76. The van der Waals surface area contributed by atoms with Gasteiger partial charge in [0.25, 0.3) is 0 Å². The Hall–Kier alpha value is -0.570. The minimum Gasteiger partial charge on any atom is -0.481 e. The summed E-state index contributed by atoms with van der Waals surface area (Å²) < 4.78 is 0. The molecule has 0 saturated carbocycles. The van der Waals surface area contributed by atoms with Gasteiger partial charge in [-0.1, -0.05) is 19.3 Å². The van der Waals surface area contributed by atoms with E-state index in [9.17, 15) is 4.79 Å². The van der Waals surface area contributed by atoms with Crippen LogP contribution >= 0.6 is 0 Å². The molecule has 3 nitrogen and oxygen atoms in total. The lowest BCUT2D eigenvalue weighted by Gasteiger charge is -2.02. The number of aliphatic carboxylic acids is 1. The smallest absolute Gasteiger partial charge is 0.303 e. The second-order valence-corrected chi connectivity index (χ2v) is 3.20. The van der Waals surface area contributed by atoms with Crippen molar-refractivity contribution in [2.24, 2.45) is 0 Å². The second-order valence-electron chi connectivity index (χ2n) is 3.20. The van der Waals surface area contributed by atoms with Crippen LogP contribution in [0.5, 0.6) is 0 Å². The van der Waals surface area contributed by atoms with E-state index in [1.165, 1.54) is 0 Å². The van der Waals surface area contributed by atoms with Crippen LogP contribution in [0.25, 0.3) is 0 Å². The molecule has 72 valence electrons. The molecule has 0 heterocycles. The van der Waals surface area contributed by atoms with Crippen LogP contribution in [0.4, 0.5) is 0 Å². The van der Waals surface area contributed by atoms with Gasteiger partial charge in [0.05, 0.1) is 6.10 Å². The molecule has 2 N–H and O–H groups in total. The molecule has 1 atom stereocenters. The lowest BCUT2D eigenvalue weighted by atomic mass is 10.1. The fraction of sp³-hybridized carbons (Fsp3) is 0.889. The molecular weight excluding hydrogens is 156 g/mol. The van der Waals surface area contributed by atoms with Gasteiger partial charge in [-0.2, -0.15) is 0 Å². The average molecular weight is 174 g/mol. The molecule has 0 fully saturated rings. The molecular formula is C9H18O3. The topological polar surface area (TPSA) is 57.5 Å². The van der Waals surface area contributed by atoms with Crippen molar-refractivity contribution in [2.75, 3.05) is 0 Å². The van der Waals surface area contributed by atoms with E-state index >= 15 is 0 Å². The summed E-state index contributed by atoms with van der Waals surface area (Å²) in [6, 6.07) is 0. The number of carbonyl (C=O) groups is 1. The molecule has 0 aromatic heterocycles. The molecule has 1 unspecified atom stereocenters. The van der Waals surface area contributed by atoms with Crippen molar-refractivity contribution in [3.05, 3.63) is 0 Å². The molecule has 0 amide bonds. The first-order chi connectivity index (χ1) is 5.63. The highest BCUT2D eigenvalue weighted by molar-refractivity contribution is 5.66. The number of carboxylic acid groups (broad SMARTS) is 1. The zero-order valence-electron chi connectivity index (χ0n) is 7.62. The van der Waals surface area contributed by atoms with Crippen LogP contribution in [0, 0.1) is 0 Å². The number of aliphatic hydroxyl groups is 1. The highest BCUT2D eigenvalue weighted by Crippen LogP contribution is 2.06. The van der Waals surface area contributed by atoms with Crippen LogP contribution in [0.3, 0.4) is 0 Å². The molecule has 0 saturated heterocycles. The first-order valence-corrected chi connectivity index (χ1v) is 4.53. The van der Waals surface area contributed by atoms with E-state index in [-0.39, 0.29) is 12.5 Å². The molecule has 0 bridgehead atoms. The van der Waals surface area contributed by atoms with Crippen LogP contribution in [-0.4, -0.2) is 22.3 Å². The molecule has 0 aliphatic heterocycles. The van der Waals surface area contributed by atoms with Gasteiger partial charge in [0.1, 0.15) is 0 Å². The third-order valence-electron chi connectivity index (χ3n) is 1.76. The Morgan fingerprint density at radius 1 is 1.25 bits per heavy atom. The summed E-state index contributed by atoms with van der Waals surface area (Å²) in [5, 5.41) is 17.2. The van der Waals surface area contributed by atoms with Crippen molar-refractivity contribution in [2.45, 2.75) is 51.6 Å². The zero-order chi connectivity index (χ0) is 9.40. The Morgan fingerprint density at radius 3 is 2.33 bits per heavy atom. The Morgan fingerprint density at radius 2 is 1.83 bits per heavy atom. The minimum absolute atomic E-state index is 0.218. The first-order valence-electron chi connectivity index (χ1n) is 4.53. The Bertz CT molecular complexity index is 121. The summed E-state index contributed by atoms with van der Waals surface area (Å²) in [6.45, 7) is 1.78. The van der Waals surface area contributed by atoms with Gasteiger partial charge >= 0.3 is 5.97 Å². The molecule has 0 radical (unpaired) electrons. The molecule has 0 aromatic carbocycles. The maximum Gasteiger partial charge on any atom is 0.303 e. The standard InChI is InChI=1S/C9H18O3/c1-8(10)6-4-2-3-5-7-9(11)12/h8,10H,2-7H2,1H3,(H,11,12). The lowest BCUT2D eigenvalue weighted by Crippen LogP contribution is -1.98. The lowest BCUT2D eigenvalue weighted by molar-refractivity contribution is -0.137. The van der Waals surface area contributed by atoms with Crippen molar-refractivity contribution in [3.8, 4) is 0 Å². The maximum absolute atomic E-state index is 10.1. The van der Waals surface area contributed by atoms with E-state index in [2.05, 4.69) is 0 Å².